The Morgan fingerprint density at radius 2 is 1.50 bits per heavy atom. The number of Topliss-reactive ketones (excluding diaryl/α,β-unsaturated/α-hetero) is 1. The van der Waals surface area contributed by atoms with Crippen LogP contribution in [0.2, 0.25) is 0 Å². The molecule has 92 valence electrons. The number of ketones is 1. The number of hydrogen-bond acceptors (Lipinski definition) is 2. The predicted molar refractivity (Wildman–Crippen MR) is 72.7 cm³/mol. The van der Waals surface area contributed by atoms with Gasteiger partial charge in [0, 0.05) is 5.56 Å². The predicted octanol–water partition coefficient (Wildman–Crippen LogP) is 4.21. The number of halogens is 1. The molecule has 2 nitrogen and oxygen atoms in total. The fourth-order valence-electron chi connectivity index (χ4n) is 1.53. The van der Waals surface area contributed by atoms with Gasteiger partial charge in [-0.1, -0.05) is 17.7 Å². The van der Waals surface area contributed by atoms with Crippen LogP contribution in [0.5, 0.6) is 11.5 Å². The summed E-state index contributed by atoms with van der Waals surface area (Å²) in [6, 6.07) is 14.8. The fourth-order valence-corrected chi connectivity index (χ4v) is 1.68. The second-order valence-corrected chi connectivity index (χ2v) is 4.26. The molecule has 0 bridgehead atoms. The highest BCUT2D eigenvalue weighted by Crippen LogP contribution is 2.22. The molecule has 0 aromatic heterocycles. The Labute approximate surface area is 111 Å². The van der Waals surface area contributed by atoms with E-state index in [4.69, 9.17) is 16.3 Å². The fraction of sp³-hybridized carbons (Fsp3) is 0.133. The van der Waals surface area contributed by atoms with Crippen LogP contribution in [-0.4, -0.2) is 11.7 Å². The van der Waals surface area contributed by atoms with Crippen molar-refractivity contribution in [3.8, 4) is 11.5 Å². The van der Waals surface area contributed by atoms with Crippen LogP contribution in [0.3, 0.4) is 0 Å². The highest BCUT2D eigenvalue weighted by molar-refractivity contribution is 6.30. The van der Waals surface area contributed by atoms with E-state index in [1.54, 1.807) is 24.3 Å². The molecule has 2 aromatic rings. The molecule has 0 aliphatic rings. The van der Waals surface area contributed by atoms with Gasteiger partial charge in [-0.2, -0.15) is 0 Å². The number of carbonyl (C=O) groups excluding carboxylic acids is 1. The van der Waals surface area contributed by atoms with Crippen LogP contribution >= 0.6 is 11.6 Å². The number of alkyl halides is 1. The van der Waals surface area contributed by atoms with Crippen LogP contribution in [0.1, 0.15) is 15.9 Å². The van der Waals surface area contributed by atoms with E-state index >= 15 is 0 Å². The average molecular weight is 261 g/mol. The maximum absolute atomic E-state index is 11.3. The van der Waals surface area contributed by atoms with Gasteiger partial charge in [-0.05, 0) is 43.3 Å². The third kappa shape index (κ3) is 3.11. The van der Waals surface area contributed by atoms with Crippen molar-refractivity contribution >= 4 is 17.4 Å². The van der Waals surface area contributed by atoms with Gasteiger partial charge in [-0.15, -0.1) is 11.6 Å². The summed E-state index contributed by atoms with van der Waals surface area (Å²) in [6.07, 6.45) is 0. The van der Waals surface area contributed by atoms with Gasteiger partial charge in [0.25, 0.3) is 0 Å². The number of aryl methyl sites for hydroxylation is 1. The van der Waals surface area contributed by atoms with Crippen molar-refractivity contribution in [3.05, 3.63) is 59.7 Å². The van der Waals surface area contributed by atoms with Gasteiger partial charge >= 0.3 is 0 Å². The summed E-state index contributed by atoms with van der Waals surface area (Å²) < 4.78 is 5.66. The van der Waals surface area contributed by atoms with Gasteiger partial charge in [0.05, 0.1) is 5.88 Å². The highest BCUT2D eigenvalue weighted by atomic mass is 35.5. The SMILES string of the molecule is Cc1ccc(Oc2ccc(C(=O)CCl)cc2)cc1. The lowest BCUT2D eigenvalue weighted by Crippen LogP contribution is -1.99. The Kier molecular flexibility index (Phi) is 4.00. The lowest BCUT2D eigenvalue weighted by atomic mass is 10.1. The molecule has 0 saturated heterocycles. The van der Waals surface area contributed by atoms with E-state index in [1.807, 2.05) is 31.2 Å². The summed E-state index contributed by atoms with van der Waals surface area (Å²) in [4.78, 5) is 11.3. The number of rotatable bonds is 4. The smallest absolute Gasteiger partial charge is 0.177 e. The summed E-state index contributed by atoms with van der Waals surface area (Å²) in [6.45, 7) is 2.02. The van der Waals surface area contributed by atoms with Gasteiger partial charge in [-0.25, -0.2) is 0 Å². The lowest BCUT2D eigenvalue weighted by Gasteiger charge is -2.06. The molecular formula is C15H13ClO2. The first-order chi connectivity index (χ1) is 8.69. The first-order valence-corrected chi connectivity index (χ1v) is 6.16. The maximum Gasteiger partial charge on any atom is 0.177 e. The number of benzene rings is 2. The van der Waals surface area contributed by atoms with E-state index in [0.717, 1.165) is 5.75 Å². The molecule has 0 fully saturated rings. The minimum atomic E-state index is -0.0847. The molecular weight excluding hydrogens is 248 g/mol. The van der Waals surface area contributed by atoms with Gasteiger partial charge < -0.3 is 4.74 Å². The van der Waals surface area contributed by atoms with Gasteiger partial charge in [-0.3, -0.25) is 4.79 Å². The van der Waals surface area contributed by atoms with Crippen LogP contribution < -0.4 is 4.74 Å². The van der Waals surface area contributed by atoms with Gasteiger partial charge in [0.15, 0.2) is 5.78 Å². The zero-order valence-electron chi connectivity index (χ0n) is 10.0. The number of ether oxygens (including phenoxy) is 1. The molecule has 18 heavy (non-hydrogen) atoms. The summed E-state index contributed by atoms with van der Waals surface area (Å²) >= 11 is 5.49. The monoisotopic (exact) mass is 260 g/mol. The summed E-state index contributed by atoms with van der Waals surface area (Å²) in [5, 5.41) is 0. The third-order valence-electron chi connectivity index (χ3n) is 2.55. The topological polar surface area (TPSA) is 26.3 Å². The van der Waals surface area contributed by atoms with Crippen LogP contribution in [0.25, 0.3) is 0 Å². The van der Waals surface area contributed by atoms with E-state index in [1.165, 1.54) is 5.56 Å². The molecule has 0 aliphatic carbocycles. The molecule has 0 amide bonds. The summed E-state index contributed by atoms with van der Waals surface area (Å²) in [5.74, 6) is 1.39. The number of carbonyl (C=O) groups is 1. The molecule has 0 unspecified atom stereocenters. The summed E-state index contributed by atoms with van der Waals surface area (Å²) in [7, 11) is 0. The standard InChI is InChI=1S/C15H13ClO2/c1-11-2-6-13(7-3-11)18-14-8-4-12(5-9-14)15(17)10-16/h2-9H,10H2,1H3. The largest absolute Gasteiger partial charge is 0.457 e. The van der Waals surface area contributed by atoms with Crippen molar-refractivity contribution in [2.75, 3.05) is 5.88 Å². The van der Waals surface area contributed by atoms with Crippen molar-refractivity contribution in [2.45, 2.75) is 6.92 Å². The van der Waals surface area contributed by atoms with Crippen LogP contribution in [0.15, 0.2) is 48.5 Å². The first kappa shape index (κ1) is 12.7. The maximum atomic E-state index is 11.3. The average Bonchev–Trinajstić information content (AvgIpc) is 2.41. The van der Waals surface area contributed by atoms with E-state index in [9.17, 15) is 4.79 Å². The van der Waals surface area contributed by atoms with E-state index in [2.05, 4.69) is 0 Å². The Morgan fingerprint density at radius 3 is 2.00 bits per heavy atom. The van der Waals surface area contributed by atoms with Crippen LogP contribution in [-0.2, 0) is 0 Å². The molecule has 0 radical (unpaired) electrons. The normalized spacial score (nSPS) is 10.1. The third-order valence-corrected chi connectivity index (χ3v) is 2.80. The van der Waals surface area contributed by atoms with Crippen molar-refractivity contribution in [3.63, 3.8) is 0 Å². The minimum Gasteiger partial charge on any atom is -0.457 e. The number of hydrogen-bond donors (Lipinski definition) is 0. The molecule has 2 aromatic carbocycles. The van der Waals surface area contributed by atoms with E-state index in [-0.39, 0.29) is 11.7 Å². The van der Waals surface area contributed by atoms with Crippen molar-refractivity contribution < 1.29 is 9.53 Å². The van der Waals surface area contributed by atoms with Crippen molar-refractivity contribution in [1.82, 2.24) is 0 Å². The lowest BCUT2D eigenvalue weighted by molar-refractivity contribution is 0.102. The highest BCUT2D eigenvalue weighted by Gasteiger charge is 2.04. The van der Waals surface area contributed by atoms with Crippen LogP contribution in [0.4, 0.5) is 0 Å². The molecule has 3 heteroatoms. The molecule has 0 spiro atoms. The Hall–Kier alpha value is -1.80. The zero-order chi connectivity index (χ0) is 13.0. The Bertz CT molecular complexity index is 529. The minimum absolute atomic E-state index is 0.00182. The first-order valence-electron chi connectivity index (χ1n) is 5.63. The Balaban J connectivity index is 2.10. The van der Waals surface area contributed by atoms with E-state index in [0.29, 0.717) is 11.3 Å². The van der Waals surface area contributed by atoms with Gasteiger partial charge in [0.1, 0.15) is 11.5 Å². The van der Waals surface area contributed by atoms with Crippen molar-refractivity contribution in [1.29, 1.82) is 0 Å². The molecule has 0 saturated carbocycles. The molecule has 0 aliphatic heterocycles. The molecule has 2 rings (SSSR count). The summed E-state index contributed by atoms with van der Waals surface area (Å²) in [5.41, 5.74) is 1.78. The Morgan fingerprint density at radius 1 is 1.00 bits per heavy atom. The molecule has 0 N–H and O–H groups in total. The van der Waals surface area contributed by atoms with Crippen LogP contribution in [0, 0.1) is 6.92 Å². The zero-order valence-corrected chi connectivity index (χ0v) is 10.8. The quantitative estimate of drug-likeness (QED) is 0.608. The second-order valence-electron chi connectivity index (χ2n) is 4.00. The van der Waals surface area contributed by atoms with Gasteiger partial charge in [0.2, 0.25) is 0 Å². The van der Waals surface area contributed by atoms with E-state index < -0.39 is 0 Å². The molecule has 0 atom stereocenters. The second kappa shape index (κ2) is 5.69. The van der Waals surface area contributed by atoms with Crippen molar-refractivity contribution in [2.24, 2.45) is 0 Å². The molecule has 0 heterocycles.